The zero-order chi connectivity index (χ0) is 12.8. The Morgan fingerprint density at radius 3 is 2.88 bits per heavy atom. The Morgan fingerprint density at radius 1 is 1.59 bits per heavy atom. The number of nitrogens with one attached hydrogen (secondary N) is 1. The number of ether oxygens (including phenoxy) is 1. The van der Waals surface area contributed by atoms with Gasteiger partial charge < -0.3 is 15.8 Å². The van der Waals surface area contributed by atoms with Crippen molar-refractivity contribution in [2.24, 2.45) is 11.7 Å². The predicted molar refractivity (Wildman–Crippen MR) is 65.9 cm³/mol. The quantitative estimate of drug-likeness (QED) is 0.794. The normalized spacial score (nSPS) is 12.3. The molecular weight excluding hydrogens is 218 g/mol. The Balaban J connectivity index is 2.64. The van der Waals surface area contributed by atoms with E-state index in [0.717, 1.165) is 0 Å². The number of methoxy groups -OCH3 is 1. The van der Waals surface area contributed by atoms with Crippen molar-refractivity contribution in [3.63, 3.8) is 0 Å². The van der Waals surface area contributed by atoms with E-state index in [2.05, 4.69) is 10.3 Å². The van der Waals surface area contributed by atoms with Crippen LogP contribution >= 0.6 is 0 Å². The summed E-state index contributed by atoms with van der Waals surface area (Å²) in [6.45, 7) is 4.48. The summed E-state index contributed by atoms with van der Waals surface area (Å²) in [7, 11) is 1.51. The molecule has 0 bridgehead atoms. The molecule has 0 aromatic carbocycles. The Morgan fingerprint density at radius 2 is 2.29 bits per heavy atom. The van der Waals surface area contributed by atoms with E-state index in [-0.39, 0.29) is 11.9 Å². The van der Waals surface area contributed by atoms with Gasteiger partial charge in [0.2, 0.25) is 0 Å². The zero-order valence-electron chi connectivity index (χ0n) is 10.4. The number of nitrogens with zero attached hydrogens (tertiary/aromatic N) is 1. The summed E-state index contributed by atoms with van der Waals surface area (Å²) in [5.74, 6) is 0.595. The third-order valence-electron chi connectivity index (χ3n) is 2.60. The third-order valence-corrected chi connectivity index (χ3v) is 2.60. The Labute approximate surface area is 101 Å². The first kappa shape index (κ1) is 13.4. The first-order valence-electron chi connectivity index (χ1n) is 5.58. The number of aromatic nitrogens is 1. The minimum Gasteiger partial charge on any atom is -0.494 e. The summed E-state index contributed by atoms with van der Waals surface area (Å²) in [5.41, 5.74) is 6.33. The van der Waals surface area contributed by atoms with E-state index in [9.17, 15) is 4.79 Å². The second kappa shape index (κ2) is 6.20. The summed E-state index contributed by atoms with van der Waals surface area (Å²) < 4.78 is 5.07. The highest BCUT2D eigenvalue weighted by Gasteiger charge is 2.14. The predicted octanol–water partition coefficient (Wildman–Crippen LogP) is 0.803. The molecule has 1 amide bonds. The standard InChI is InChI=1S/C12H19N3O2/c1-8(2)10(13)6-15-12(16)9-4-5-14-7-11(9)17-3/h4-5,7-8,10H,6,13H2,1-3H3,(H,15,16). The summed E-state index contributed by atoms with van der Waals surface area (Å²) in [5, 5.41) is 2.78. The number of pyridine rings is 1. The van der Waals surface area contributed by atoms with Crippen LogP contribution in [0.25, 0.3) is 0 Å². The molecule has 1 atom stereocenters. The van der Waals surface area contributed by atoms with Gasteiger partial charge in [0.15, 0.2) is 0 Å². The van der Waals surface area contributed by atoms with Crippen LogP contribution in [0.5, 0.6) is 5.75 Å². The molecule has 0 spiro atoms. The van der Waals surface area contributed by atoms with E-state index in [1.807, 2.05) is 13.8 Å². The number of hydrogen-bond donors (Lipinski definition) is 2. The van der Waals surface area contributed by atoms with Crippen LogP contribution < -0.4 is 15.8 Å². The lowest BCUT2D eigenvalue weighted by Crippen LogP contribution is -2.40. The van der Waals surface area contributed by atoms with Crippen molar-refractivity contribution in [1.29, 1.82) is 0 Å². The van der Waals surface area contributed by atoms with Gasteiger partial charge in [0.05, 0.1) is 18.9 Å². The number of carbonyl (C=O) groups excluding carboxylic acids is 1. The fraction of sp³-hybridized carbons (Fsp3) is 0.500. The fourth-order valence-corrected chi connectivity index (χ4v) is 1.27. The summed E-state index contributed by atoms with van der Waals surface area (Å²) >= 11 is 0. The lowest BCUT2D eigenvalue weighted by molar-refractivity contribution is 0.0946. The van der Waals surface area contributed by atoms with Crippen molar-refractivity contribution >= 4 is 5.91 Å². The van der Waals surface area contributed by atoms with Crippen LogP contribution in [0.3, 0.4) is 0 Å². The van der Waals surface area contributed by atoms with Gasteiger partial charge in [-0.1, -0.05) is 13.8 Å². The topological polar surface area (TPSA) is 77.2 Å². The van der Waals surface area contributed by atoms with Crippen molar-refractivity contribution in [3.8, 4) is 5.75 Å². The maximum Gasteiger partial charge on any atom is 0.255 e. The molecule has 1 unspecified atom stereocenters. The minimum atomic E-state index is -0.194. The molecule has 17 heavy (non-hydrogen) atoms. The number of nitrogens with two attached hydrogens (primary N) is 1. The molecule has 0 aliphatic carbocycles. The number of carbonyl (C=O) groups is 1. The average Bonchev–Trinajstić information content (AvgIpc) is 2.35. The molecule has 0 saturated carbocycles. The maximum absolute atomic E-state index is 11.9. The summed E-state index contributed by atoms with van der Waals surface area (Å²) in [4.78, 5) is 15.8. The van der Waals surface area contributed by atoms with E-state index in [1.54, 1.807) is 12.3 Å². The highest BCUT2D eigenvalue weighted by atomic mass is 16.5. The Hall–Kier alpha value is -1.62. The van der Waals surface area contributed by atoms with Crippen LogP contribution in [0, 0.1) is 5.92 Å². The zero-order valence-corrected chi connectivity index (χ0v) is 10.4. The van der Waals surface area contributed by atoms with Gasteiger partial charge in [0.1, 0.15) is 5.75 Å². The molecular formula is C12H19N3O2. The molecule has 94 valence electrons. The highest BCUT2D eigenvalue weighted by Crippen LogP contribution is 2.15. The van der Waals surface area contributed by atoms with E-state index in [1.165, 1.54) is 13.3 Å². The lowest BCUT2D eigenvalue weighted by atomic mass is 10.1. The average molecular weight is 237 g/mol. The largest absolute Gasteiger partial charge is 0.494 e. The molecule has 0 radical (unpaired) electrons. The molecule has 3 N–H and O–H groups in total. The van der Waals surface area contributed by atoms with Crippen molar-refractivity contribution in [1.82, 2.24) is 10.3 Å². The van der Waals surface area contributed by atoms with Gasteiger partial charge in [0, 0.05) is 18.8 Å². The van der Waals surface area contributed by atoms with Gasteiger partial charge in [0.25, 0.3) is 5.91 Å². The van der Waals surface area contributed by atoms with Gasteiger partial charge in [-0.25, -0.2) is 0 Å². The Kier molecular flexibility index (Phi) is 4.90. The smallest absolute Gasteiger partial charge is 0.255 e. The van der Waals surface area contributed by atoms with E-state index in [0.29, 0.717) is 23.8 Å². The van der Waals surface area contributed by atoms with Crippen LogP contribution in [-0.2, 0) is 0 Å². The molecule has 5 heteroatoms. The minimum absolute atomic E-state index is 0.0493. The first-order valence-corrected chi connectivity index (χ1v) is 5.58. The van der Waals surface area contributed by atoms with Crippen molar-refractivity contribution in [2.75, 3.05) is 13.7 Å². The monoisotopic (exact) mass is 237 g/mol. The molecule has 0 fully saturated rings. The number of rotatable bonds is 5. The number of amides is 1. The second-order valence-corrected chi connectivity index (χ2v) is 4.19. The lowest BCUT2D eigenvalue weighted by Gasteiger charge is -2.16. The number of hydrogen-bond acceptors (Lipinski definition) is 4. The SMILES string of the molecule is COc1cnccc1C(=O)NCC(N)C(C)C. The summed E-state index contributed by atoms with van der Waals surface area (Å²) in [6, 6.07) is 1.57. The van der Waals surface area contributed by atoms with Crippen molar-refractivity contribution < 1.29 is 9.53 Å². The van der Waals surface area contributed by atoms with Gasteiger partial charge in [-0.05, 0) is 12.0 Å². The van der Waals surface area contributed by atoms with Gasteiger partial charge in [-0.3, -0.25) is 9.78 Å². The van der Waals surface area contributed by atoms with E-state index in [4.69, 9.17) is 10.5 Å². The molecule has 0 aliphatic rings. The van der Waals surface area contributed by atoms with Gasteiger partial charge in [-0.2, -0.15) is 0 Å². The van der Waals surface area contributed by atoms with Crippen molar-refractivity contribution in [2.45, 2.75) is 19.9 Å². The second-order valence-electron chi connectivity index (χ2n) is 4.19. The fourth-order valence-electron chi connectivity index (χ4n) is 1.27. The molecule has 1 heterocycles. The van der Waals surface area contributed by atoms with Crippen LogP contribution in [0.4, 0.5) is 0 Å². The molecule has 0 aliphatic heterocycles. The van der Waals surface area contributed by atoms with Gasteiger partial charge in [-0.15, -0.1) is 0 Å². The van der Waals surface area contributed by atoms with E-state index >= 15 is 0 Å². The Bertz CT molecular complexity index is 380. The maximum atomic E-state index is 11.9. The van der Waals surface area contributed by atoms with Crippen LogP contribution in [-0.4, -0.2) is 30.6 Å². The van der Waals surface area contributed by atoms with Crippen LogP contribution in [0.1, 0.15) is 24.2 Å². The van der Waals surface area contributed by atoms with Crippen LogP contribution in [0.2, 0.25) is 0 Å². The summed E-state index contributed by atoms with van der Waals surface area (Å²) in [6.07, 6.45) is 3.07. The van der Waals surface area contributed by atoms with Crippen LogP contribution in [0.15, 0.2) is 18.5 Å². The molecule has 1 aromatic heterocycles. The molecule has 1 aromatic rings. The highest BCUT2D eigenvalue weighted by molar-refractivity contribution is 5.96. The molecule has 5 nitrogen and oxygen atoms in total. The first-order chi connectivity index (χ1) is 8.06. The molecule has 1 rings (SSSR count). The third kappa shape index (κ3) is 3.71. The van der Waals surface area contributed by atoms with E-state index < -0.39 is 0 Å². The van der Waals surface area contributed by atoms with Gasteiger partial charge >= 0.3 is 0 Å². The molecule has 0 saturated heterocycles. The van der Waals surface area contributed by atoms with Crippen molar-refractivity contribution in [3.05, 3.63) is 24.0 Å².